The van der Waals surface area contributed by atoms with Crippen molar-refractivity contribution in [2.45, 2.75) is 25.6 Å². The zero-order valence-corrected chi connectivity index (χ0v) is 19.3. The summed E-state index contributed by atoms with van der Waals surface area (Å²) in [6.07, 6.45) is 2.13. The van der Waals surface area contributed by atoms with Crippen molar-refractivity contribution < 1.29 is 14.2 Å². The largest absolute Gasteiger partial charge is 0.497 e. The third-order valence-corrected chi connectivity index (χ3v) is 6.13. The molecule has 9 heteroatoms. The molecule has 164 valence electrons. The minimum absolute atomic E-state index is 0.218. The smallest absolute Gasteiger partial charge is 0.217 e. The number of rotatable bonds is 7. The summed E-state index contributed by atoms with van der Waals surface area (Å²) in [4.78, 5) is 6.91. The van der Waals surface area contributed by atoms with Crippen LogP contribution in [0, 0.1) is 4.77 Å². The summed E-state index contributed by atoms with van der Waals surface area (Å²) in [5, 5.41) is 3.92. The number of halogens is 1. The second-order valence-electron chi connectivity index (χ2n) is 7.35. The molecule has 1 saturated heterocycles. The molecule has 31 heavy (non-hydrogen) atoms. The van der Waals surface area contributed by atoms with E-state index in [0.29, 0.717) is 28.0 Å². The number of hydrogen-bond acceptors (Lipinski definition) is 6. The first-order valence-corrected chi connectivity index (χ1v) is 10.8. The second-order valence-corrected chi connectivity index (χ2v) is 8.15. The van der Waals surface area contributed by atoms with Gasteiger partial charge in [-0.3, -0.25) is 10.00 Å². The molecule has 1 aliphatic heterocycles. The maximum Gasteiger partial charge on any atom is 0.217 e. The number of nitrogens with zero attached hydrogens (tertiary/aromatic N) is 3. The lowest BCUT2D eigenvalue weighted by atomic mass is 10.0. The van der Waals surface area contributed by atoms with Crippen LogP contribution in [0.4, 0.5) is 0 Å². The standard InChI is InChI=1S/C22H25ClN4O3S/c1-28-15-7-8-16(20(12-15)30-3)18-5-4-10-26(18)13-27-22(31)24-21(25-27)17-11-14(23)6-9-19(17)29-2/h6-9,11-12,18H,4-5,10,13H2,1-3H3,(H,24,25,31). The van der Waals surface area contributed by atoms with E-state index in [9.17, 15) is 0 Å². The summed E-state index contributed by atoms with van der Waals surface area (Å²) in [5.41, 5.74) is 1.92. The van der Waals surface area contributed by atoms with Gasteiger partial charge in [-0.2, -0.15) is 4.98 Å². The Balaban J connectivity index is 1.62. The lowest BCUT2D eigenvalue weighted by Crippen LogP contribution is -2.27. The van der Waals surface area contributed by atoms with Crippen molar-refractivity contribution in [3.05, 3.63) is 51.8 Å². The Labute approximate surface area is 191 Å². The molecule has 1 fully saturated rings. The molecular formula is C22H25ClN4O3S. The average Bonchev–Trinajstić information content (AvgIpc) is 3.40. The van der Waals surface area contributed by atoms with E-state index in [1.807, 2.05) is 28.9 Å². The van der Waals surface area contributed by atoms with Crippen molar-refractivity contribution >= 4 is 23.8 Å². The number of H-pyrrole nitrogens is 1. The van der Waals surface area contributed by atoms with E-state index in [-0.39, 0.29) is 6.04 Å². The summed E-state index contributed by atoms with van der Waals surface area (Å²) in [6, 6.07) is 11.6. The van der Waals surface area contributed by atoms with Crippen molar-refractivity contribution in [2.24, 2.45) is 0 Å². The maximum atomic E-state index is 6.19. The normalized spacial score (nSPS) is 16.5. The van der Waals surface area contributed by atoms with Crippen LogP contribution in [0.15, 0.2) is 36.4 Å². The average molecular weight is 461 g/mol. The van der Waals surface area contributed by atoms with E-state index in [1.165, 1.54) is 0 Å². The predicted molar refractivity (Wildman–Crippen MR) is 123 cm³/mol. The summed E-state index contributed by atoms with van der Waals surface area (Å²) in [7, 11) is 4.96. The summed E-state index contributed by atoms with van der Waals surface area (Å²) >= 11 is 11.7. The number of hydrogen-bond donors (Lipinski definition) is 1. The molecule has 2 aromatic carbocycles. The molecule has 0 amide bonds. The van der Waals surface area contributed by atoms with Gasteiger partial charge in [-0.25, -0.2) is 4.68 Å². The molecule has 0 radical (unpaired) electrons. The maximum absolute atomic E-state index is 6.19. The molecule has 0 bridgehead atoms. The van der Waals surface area contributed by atoms with Gasteiger partial charge in [0.2, 0.25) is 4.77 Å². The first kappa shape index (κ1) is 21.7. The van der Waals surface area contributed by atoms with Crippen molar-refractivity contribution in [2.75, 3.05) is 27.9 Å². The van der Waals surface area contributed by atoms with Crippen LogP contribution in [-0.4, -0.2) is 47.5 Å². The van der Waals surface area contributed by atoms with Gasteiger partial charge < -0.3 is 14.2 Å². The summed E-state index contributed by atoms with van der Waals surface area (Å²) in [6.45, 7) is 1.55. The van der Waals surface area contributed by atoms with Gasteiger partial charge in [-0.15, -0.1) is 0 Å². The van der Waals surface area contributed by atoms with Gasteiger partial charge >= 0.3 is 0 Å². The Kier molecular flexibility index (Phi) is 6.50. The molecule has 1 atom stereocenters. The van der Waals surface area contributed by atoms with Gasteiger partial charge in [0.1, 0.15) is 17.2 Å². The molecule has 1 aromatic heterocycles. The fraction of sp³-hybridized carbons (Fsp3) is 0.364. The van der Waals surface area contributed by atoms with Crippen molar-refractivity contribution in [3.8, 4) is 28.6 Å². The van der Waals surface area contributed by atoms with Crippen LogP contribution in [0.5, 0.6) is 17.2 Å². The summed E-state index contributed by atoms with van der Waals surface area (Å²) in [5.74, 6) is 2.92. The highest BCUT2D eigenvalue weighted by molar-refractivity contribution is 7.71. The van der Waals surface area contributed by atoms with E-state index < -0.39 is 0 Å². The van der Waals surface area contributed by atoms with Crippen molar-refractivity contribution in [1.82, 2.24) is 19.7 Å². The van der Waals surface area contributed by atoms with Crippen molar-refractivity contribution in [1.29, 1.82) is 0 Å². The van der Waals surface area contributed by atoms with E-state index in [1.54, 1.807) is 27.4 Å². The van der Waals surface area contributed by atoms with Crippen LogP contribution < -0.4 is 14.2 Å². The van der Waals surface area contributed by atoms with Crippen LogP contribution >= 0.6 is 23.8 Å². The van der Waals surface area contributed by atoms with Gasteiger partial charge in [0.15, 0.2) is 5.82 Å². The van der Waals surface area contributed by atoms with Crippen molar-refractivity contribution in [3.63, 3.8) is 0 Å². The lowest BCUT2D eigenvalue weighted by molar-refractivity contribution is 0.187. The lowest BCUT2D eigenvalue weighted by Gasteiger charge is -2.26. The van der Waals surface area contributed by atoms with E-state index in [4.69, 9.17) is 38.0 Å². The number of likely N-dealkylation sites (tertiary alicyclic amines) is 1. The number of nitrogens with one attached hydrogen (secondary N) is 1. The molecule has 7 nitrogen and oxygen atoms in total. The molecule has 0 aliphatic carbocycles. The monoisotopic (exact) mass is 460 g/mol. The Morgan fingerprint density at radius 1 is 1.10 bits per heavy atom. The zero-order chi connectivity index (χ0) is 22.0. The zero-order valence-electron chi connectivity index (χ0n) is 17.7. The highest BCUT2D eigenvalue weighted by atomic mass is 35.5. The van der Waals surface area contributed by atoms with Crippen LogP contribution in [0.3, 0.4) is 0 Å². The molecule has 1 unspecified atom stereocenters. The highest BCUT2D eigenvalue weighted by Gasteiger charge is 2.29. The minimum Gasteiger partial charge on any atom is -0.497 e. The fourth-order valence-electron chi connectivity index (χ4n) is 4.06. The Hall–Kier alpha value is -2.55. The molecule has 1 aliphatic rings. The van der Waals surface area contributed by atoms with E-state index in [0.717, 1.165) is 42.0 Å². The van der Waals surface area contributed by atoms with Gasteiger partial charge in [-0.1, -0.05) is 17.7 Å². The third kappa shape index (κ3) is 4.42. The molecule has 4 rings (SSSR count). The first-order chi connectivity index (χ1) is 15.0. The van der Waals surface area contributed by atoms with E-state index in [2.05, 4.69) is 21.0 Å². The summed E-state index contributed by atoms with van der Waals surface area (Å²) < 4.78 is 18.8. The topological polar surface area (TPSA) is 64.5 Å². The number of methoxy groups -OCH3 is 3. The fourth-order valence-corrected chi connectivity index (χ4v) is 4.43. The molecule has 1 N–H and O–H groups in total. The quantitative estimate of drug-likeness (QED) is 0.496. The van der Waals surface area contributed by atoms with E-state index >= 15 is 0 Å². The SMILES string of the molecule is COc1ccc(C2CCCN2Cn2[nH]c(-c3cc(Cl)ccc3OC)nc2=S)c(OC)c1. The predicted octanol–water partition coefficient (Wildman–Crippen LogP) is 5.08. The molecular weight excluding hydrogens is 436 g/mol. The van der Waals surface area contributed by atoms with Crippen LogP contribution in [0.25, 0.3) is 11.4 Å². The second kappa shape index (κ2) is 9.30. The van der Waals surface area contributed by atoms with Gasteiger partial charge in [-0.05, 0) is 49.3 Å². The Morgan fingerprint density at radius 3 is 2.65 bits per heavy atom. The number of ether oxygens (including phenoxy) is 3. The van der Waals surface area contributed by atoms with Crippen LogP contribution in [-0.2, 0) is 6.67 Å². The number of aromatic nitrogens is 3. The molecule has 3 aromatic rings. The Morgan fingerprint density at radius 2 is 1.90 bits per heavy atom. The van der Waals surface area contributed by atoms with Gasteiger partial charge in [0.05, 0.1) is 33.6 Å². The number of benzene rings is 2. The molecule has 0 spiro atoms. The van der Waals surface area contributed by atoms with Gasteiger partial charge in [0, 0.05) is 29.2 Å². The molecule has 0 saturated carbocycles. The third-order valence-electron chi connectivity index (χ3n) is 5.58. The Bertz CT molecular complexity index is 1130. The molecule has 2 heterocycles. The van der Waals surface area contributed by atoms with Crippen LogP contribution in [0.1, 0.15) is 24.4 Å². The minimum atomic E-state index is 0.218. The van der Waals surface area contributed by atoms with Gasteiger partial charge in [0.25, 0.3) is 0 Å². The van der Waals surface area contributed by atoms with Crippen LogP contribution in [0.2, 0.25) is 5.02 Å². The first-order valence-electron chi connectivity index (χ1n) is 10.0. The number of aromatic amines is 1. The highest BCUT2D eigenvalue weighted by Crippen LogP contribution is 2.39.